The molecule has 3 N–H and O–H groups in total. The van der Waals surface area contributed by atoms with Gasteiger partial charge in [-0.15, -0.1) is 13.2 Å². The molecule has 1 aromatic heterocycles. The molecule has 20 heavy (non-hydrogen) atoms. The molecule has 1 heterocycles. The Balaban J connectivity index is 2.21. The van der Waals surface area contributed by atoms with Gasteiger partial charge in [0.2, 0.25) is 0 Å². The molecule has 0 saturated carbocycles. The van der Waals surface area contributed by atoms with Crippen molar-refractivity contribution in [2.24, 2.45) is 0 Å². The molecule has 0 saturated heterocycles. The number of rotatable bonds is 3. The Hall–Kier alpha value is -2.44. The van der Waals surface area contributed by atoms with Gasteiger partial charge in [-0.3, -0.25) is 0 Å². The maximum Gasteiger partial charge on any atom is 0.573 e. The number of hydrogen-bond donors (Lipinski definition) is 2. The van der Waals surface area contributed by atoms with E-state index in [1.807, 2.05) is 0 Å². The number of anilines is 3. The van der Waals surface area contributed by atoms with Crippen LogP contribution in [-0.4, -0.2) is 11.3 Å². The maximum absolute atomic E-state index is 12.1. The summed E-state index contributed by atoms with van der Waals surface area (Å²) < 4.78 is 40.3. The van der Waals surface area contributed by atoms with E-state index in [9.17, 15) is 13.2 Å². The molecule has 0 fully saturated rings. The van der Waals surface area contributed by atoms with Crippen LogP contribution in [-0.2, 0) is 0 Å². The van der Waals surface area contributed by atoms with E-state index in [0.29, 0.717) is 17.2 Å². The number of pyridine rings is 1. The number of nitrogen functional groups attached to an aromatic ring is 1. The van der Waals surface area contributed by atoms with Crippen LogP contribution in [0.1, 0.15) is 5.69 Å². The molecule has 0 radical (unpaired) electrons. The molecule has 7 heteroatoms. The van der Waals surface area contributed by atoms with E-state index >= 15 is 0 Å². The first-order valence-corrected chi connectivity index (χ1v) is 5.69. The molecule has 1 aromatic carbocycles. The minimum atomic E-state index is -4.72. The highest BCUT2D eigenvalue weighted by Crippen LogP contribution is 2.27. The second kappa shape index (κ2) is 5.28. The Kier molecular flexibility index (Phi) is 3.69. The number of hydrogen-bond acceptors (Lipinski definition) is 4. The highest BCUT2D eigenvalue weighted by atomic mass is 19.4. The lowest BCUT2D eigenvalue weighted by molar-refractivity contribution is -0.274. The molecule has 0 unspecified atom stereocenters. The fraction of sp³-hybridized carbons (Fsp3) is 0.154. The number of alkyl halides is 3. The monoisotopic (exact) mass is 283 g/mol. The van der Waals surface area contributed by atoms with Gasteiger partial charge in [0.1, 0.15) is 5.75 Å². The van der Waals surface area contributed by atoms with E-state index in [1.54, 1.807) is 25.1 Å². The van der Waals surface area contributed by atoms with E-state index < -0.39 is 6.36 Å². The van der Waals surface area contributed by atoms with Crippen molar-refractivity contribution in [1.29, 1.82) is 0 Å². The number of ether oxygens (including phenoxy) is 1. The van der Waals surface area contributed by atoms with Crippen molar-refractivity contribution in [2.45, 2.75) is 13.3 Å². The first-order valence-electron chi connectivity index (χ1n) is 5.69. The van der Waals surface area contributed by atoms with Crippen molar-refractivity contribution < 1.29 is 17.9 Å². The van der Waals surface area contributed by atoms with E-state index in [2.05, 4.69) is 15.0 Å². The van der Waals surface area contributed by atoms with Crippen LogP contribution in [0, 0.1) is 6.92 Å². The number of aromatic nitrogens is 1. The Morgan fingerprint density at radius 2 is 1.95 bits per heavy atom. The molecule has 0 aliphatic heterocycles. The average Bonchev–Trinajstić information content (AvgIpc) is 2.32. The summed E-state index contributed by atoms with van der Waals surface area (Å²) in [7, 11) is 0. The molecule has 106 valence electrons. The Bertz CT molecular complexity index is 614. The number of halogens is 3. The van der Waals surface area contributed by atoms with Gasteiger partial charge in [0, 0.05) is 17.4 Å². The number of aryl methyl sites for hydroxylation is 1. The molecule has 2 rings (SSSR count). The molecular weight excluding hydrogens is 271 g/mol. The van der Waals surface area contributed by atoms with Gasteiger partial charge in [-0.1, -0.05) is 6.07 Å². The maximum atomic E-state index is 12.1. The smallest absolute Gasteiger partial charge is 0.406 e. The highest BCUT2D eigenvalue weighted by molar-refractivity contribution is 5.69. The van der Waals surface area contributed by atoms with Crippen LogP contribution in [0.5, 0.6) is 5.75 Å². The van der Waals surface area contributed by atoms with Crippen LogP contribution >= 0.6 is 0 Å². The van der Waals surface area contributed by atoms with Gasteiger partial charge < -0.3 is 15.8 Å². The number of nitrogens with two attached hydrogens (primary N) is 1. The molecule has 2 aromatic rings. The Labute approximate surface area is 113 Å². The summed E-state index contributed by atoms with van der Waals surface area (Å²) in [6, 6.07) is 8.87. The minimum Gasteiger partial charge on any atom is -0.406 e. The predicted molar refractivity (Wildman–Crippen MR) is 69.8 cm³/mol. The van der Waals surface area contributed by atoms with Crippen LogP contribution < -0.4 is 15.8 Å². The van der Waals surface area contributed by atoms with E-state index in [4.69, 9.17) is 5.73 Å². The van der Waals surface area contributed by atoms with E-state index in [1.165, 1.54) is 18.2 Å². The third-order valence-corrected chi connectivity index (χ3v) is 2.40. The third kappa shape index (κ3) is 3.78. The zero-order valence-corrected chi connectivity index (χ0v) is 10.5. The van der Waals surface area contributed by atoms with Crippen molar-refractivity contribution in [3.05, 3.63) is 42.1 Å². The van der Waals surface area contributed by atoms with Crippen LogP contribution in [0.4, 0.5) is 30.4 Å². The van der Waals surface area contributed by atoms with Crippen LogP contribution in [0.3, 0.4) is 0 Å². The van der Waals surface area contributed by atoms with Gasteiger partial charge in [-0.05, 0) is 31.2 Å². The van der Waals surface area contributed by atoms with Crippen molar-refractivity contribution >= 4 is 17.2 Å². The van der Waals surface area contributed by atoms with Crippen LogP contribution in [0.2, 0.25) is 0 Å². The average molecular weight is 283 g/mol. The summed E-state index contributed by atoms with van der Waals surface area (Å²) in [5.41, 5.74) is 7.28. The lowest BCUT2D eigenvalue weighted by atomic mass is 10.3. The molecule has 0 aliphatic rings. The summed E-state index contributed by atoms with van der Waals surface area (Å²) in [6.07, 6.45) is -4.72. The summed E-state index contributed by atoms with van der Waals surface area (Å²) in [6.45, 7) is 1.79. The largest absolute Gasteiger partial charge is 0.573 e. The third-order valence-electron chi connectivity index (χ3n) is 2.40. The van der Waals surface area contributed by atoms with Crippen molar-refractivity contribution in [2.75, 3.05) is 11.1 Å². The normalized spacial score (nSPS) is 11.2. The standard InChI is InChI=1S/C13H12F3N3O/c1-8-5-6-11(17)12(18-8)19-9-3-2-4-10(7-9)20-13(14,15)16/h2-7H,17H2,1H3,(H,18,19). The summed E-state index contributed by atoms with van der Waals surface area (Å²) in [5, 5.41) is 2.86. The summed E-state index contributed by atoms with van der Waals surface area (Å²) in [5.74, 6) is 0.0721. The van der Waals surface area contributed by atoms with E-state index in [-0.39, 0.29) is 5.75 Å². The first kappa shape index (κ1) is 14.0. The molecule has 0 bridgehead atoms. The minimum absolute atomic E-state index is 0.311. The highest BCUT2D eigenvalue weighted by Gasteiger charge is 2.31. The fourth-order valence-electron chi connectivity index (χ4n) is 1.58. The molecule has 4 nitrogen and oxygen atoms in total. The quantitative estimate of drug-likeness (QED) is 0.903. The van der Waals surface area contributed by atoms with Gasteiger partial charge in [0.25, 0.3) is 0 Å². The van der Waals surface area contributed by atoms with Gasteiger partial charge >= 0.3 is 6.36 Å². The number of nitrogens with zero attached hydrogens (tertiary/aromatic N) is 1. The topological polar surface area (TPSA) is 60.2 Å². The second-order valence-electron chi connectivity index (χ2n) is 4.09. The summed E-state index contributed by atoms with van der Waals surface area (Å²) in [4.78, 5) is 4.17. The first-order chi connectivity index (χ1) is 9.33. The zero-order valence-electron chi connectivity index (χ0n) is 10.5. The zero-order chi connectivity index (χ0) is 14.8. The Morgan fingerprint density at radius 1 is 1.20 bits per heavy atom. The van der Waals surface area contributed by atoms with Gasteiger partial charge in [-0.25, -0.2) is 4.98 Å². The number of benzene rings is 1. The van der Waals surface area contributed by atoms with Crippen molar-refractivity contribution in [1.82, 2.24) is 4.98 Å². The lowest BCUT2D eigenvalue weighted by Crippen LogP contribution is -2.17. The van der Waals surface area contributed by atoms with Gasteiger partial charge in [0.05, 0.1) is 5.69 Å². The van der Waals surface area contributed by atoms with Crippen LogP contribution in [0.15, 0.2) is 36.4 Å². The SMILES string of the molecule is Cc1ccc(N)c(Nc2cccc(OC(F)(F)F)c2)n1. The molecule has 0 amide bonds. The molecule has 0 spiro atoms. The predicted octanol–water partition coefficient (Wildman–Crippen LogP) is 3.61. The van der Waals surface area contributed by atoms with Crippen molar-refractivity contribution in [3.63, 3.8) is 0 Å². The lowest BCUT2D eigenvalue weighted by Gasteiger charge is -2.12. The van der Waals surface area contributed by atoms with E-state index in [0.717, 1.165) is 5.69 Å². The summed E-state index contributed by atoms with van der Waals surface area (Å²) >= 11 is 0. The molecule has 0 aliphatic carbocycles. The second-order valence-corrected chi connectivity index (χ2v) is 4.09. The van der Waals surface area contributed by atoms with Crippen LogP contribution in [0.25, 0.3) is 0 Å². The molecule has 0 atom stereocenters. The van der Waals surface area contributed by atoms with Gasteiger partial charge in [-0.2, -0.15) is 0 Å². The molecular formula is C13H12F3N3O. The van der Waals surface area contributed by atoms with Gasteiger partial charge in [0.15, 0.2) is 5.82 Å². The fourth-order valence-corrected chi connectivity index (χ4v) is 1.58. The Morgan fingerprint density at radius 3 is 2.65 bits per heavy atom. The van der Waals surface area contributed by atoms with Crippen molar-refractivity contribution in [3.8, 4) is 5.75 Å². The number of nitrogens with one attached hydrogen (secondary N) is 1.